The molecular formula is C27H23N3O5. The van der Waals surface area contributed by atoms with Gasteiger partial charge in [0.15, 0.2) is 0 Å². The first kappa shape index (κ1) is 22.3. The molecular weight excluding hydrogens is 446 g/mol. The fraction of sp³-hybridized carbons (Fsp3) is 0.185. The molecule has 2 aliphatic heterocycles. The first-order valence-electron chi connectivity index (χ1n) is 11.3. The lowest BCUT2D eigenvalue weighted by atomic mass is 9.92. The molecule has 2 amide bonds. The van der Waals surface area contributed by atoms with Crippen molar-refractivity contribution < 1.29 is 23.9 Å². The number of hydrogen-bond donors (Lipinski definition) is 0. The summed E-state index contributed by atoms with van der Waals surface area (Å²) in [5.41, 5.74) is 1.32. The predicted molar refractivity (Wildman–Crippen MR) is 131 cm³/mol. The maximum Gasteiger partial charge on any atom is 0.259 e. The van der Waals surface area contributed by atoms with Crippen LogP contribution in [-0.2, 0) is 9.59 Å². The zero-order valence-electron chi connectivity index (χ0n) is 19.3. The maximum absolute atomic E-state index is 13.7. The van der Waals surface area contributed by atoms with Crippen molar-refractivity contribution in [3.05, 3.63) is 84.4 Å². The average molecular weight is 469 g/mol. The normalized spacial score (nSPS) is 19.0. The third-order valence-electron chi connectivity index (χ3n) is 6.06. The van der Waals surface area contributed by atoms with Crippen LogP contribution in [0.25, 0.3) is 0 Å². The van der Waals surface area contributed by atoms with E-state index < -0.39 is 29.6 Å². The fourth-order valence-corrected chi connectivity index (χ4v) is 4.47. The standard InChI is InChI=1S/C27H23N3O5/c1-3-35-19-15-13-18(14-16-19)29-26(32)22-23(25(31)17-9-5-4-6-10-17)28-30(24(22)27(29)33)20-11-7-8-12-21(20)34-2/h4-16,22,24H,3H2,1-2H3. The second-order valence-corrected chi connectivity index (χ2v) is 8.06. The number of fused-ring (bicyclic) bond motifs is 1. The number of hydrogen-bond acceptors (Lipinski definition) is 7. The van der Waals surface area contributed by atoms with Crippen LogP contribution < -0.4 is 19.4 Å². The molecule has 0 spiro atoms. The van der Waals surface area contributed by atoms with Crippen LogP contribution >= 0.6 is 0 Å². The molecule has 1 saturated heterocycles. The number of anilines is 2. The smallest absolute Gasteiger partial charge is 0.259 e. The van der Waals surface area contributed by atoms with Crippen molar-refractivity contribution >= 4 is 34.7 Å². The van der Waals surface area contributed by atoms with Gasteiger partial charge in [-0.1, -0.05) is 42.5 Å². The third-order valence-corrected chi connectivity index (χ3v) is 6.06. The van der Waals surface area contributed by atoms with E-state index in [1.165, 1.54) is 12.1 Å². The first-order chi connectivity index (χ1) is 17.0. The van der Waals surface area contributed by atoms with Gasteiger partial charge in [-0.05, 0) is 43.3 Å². The van der Waals surface area contributed by atoms with Gasteiger partial charge in [-0.3, -0.25) is 14.4 Å². The van der Waals surface area contributed by atoms with E-state index >= 15 is 0 Å². The second kappa shape index (κ2) is 9.06. The summed E-state index contributed by atoms with van der Waals surface area (Å²) in [7, 11) is 1.51. The molecule has 2 atom stereocenters. The van der Waals surface area contributed by atoms with Crippen LogP contribution in [-0.4, -0.2) is 43.1 Å². The molecule has 2 heterocycles. The Balaban J connectivity index is 1.59. The Labute approximate surface area is 202 Å². The summed E-state index contributed by atoms with van der Waals surface area (Å²) in [6.45, 7) is 2.38. The number of ketones is 1. The topological polar surface area (TPSA) is 88.5 Å². The van der Waals surface area contributed by atoms with Crippen LogP contribution in [0.2, 0.25) is 0 Å². The summed E-state index contributed by atoms with van der Waals surface area (Å²) < 4.78 is 11.0. The van der Waals surface area contributed by atoms with Crippen LogP contribution in [0.1, 0.15) is 17.3 Å². The molecule has 3 aromatic rings. The lowest BCUT2D eigenvalue weighted by Gasteiger charge is -2.23. The molecule has 1 fully saturated rings. The van der Waals surface area contributed by atoms with Crippen molar-refractivity contribution in [2.24, 2.45) is 11.0 Å². The Bertz CT molecular complexity index is 1320. The molecule has 8 heteroatoms. The number of hydrazone groups is 1. The monoisotopic (exact) mass is 469 g/mol. The summed E-state index contributed by atoms with van der Waals surface area (Å²) in [5.74, 6) is -1.30. The number of carbonyl (C=O) groups is 3. The minimum atomic E-state index is -1.05. The van der Waals surface area contributed by atoms with Crippen LogP contribution in [0, 0.1) is 5.92 Å². The largest absolute Gasteiger partial charge is 0.495 e. The van der Waals surface area contributed by atoms with E-state index in [1.54, 1.807) is 78.9 Å². The molecule has 0 aliphatic carbocycles. The molecule has 35 heavy (non-hydrogen) atoms. The number of carbonyl (C=O) groups excluding carboxylic acids is 3. The van der Waals surface area contributed by atoms with E-state index in [1.807, 2.05) is 6.92 Å². The van der Waals surface area contributed by atoms with E-state index in [4.69, 9.17) is 9.47 Å². The van der Waals surface area contributed by atoms with Gasteiger partial charge >= 0.3 is 0 Å². The number of ether oxygens (including phenoxy) is 2. The van der Waals surface area contributed by atoms with Crippen LogP contribution in [0.15, 0.2) is 84.0 Å². The summed E-state index contributed by atoms with van der Waals surface area (Å²) in [5, 5.41) is 5.97. The van der Waals surface area contributed by atoms with Crippen molar-refractivity contribution in [1.29, 1.82) is 0 Å². The number of para-hydroxylation sites is 2. The lowest BCUT2D eigenvalue weighted by Crippen LogP contribution is -2.39. The molecule has 176 valence electrons. The van der Waals surface area contributed by atoms with Gasteiger partial charge in [0, 0.05) is 5.56 Å². The Hall–Kier alpha value is -4.46. The van der Waals surface area contributed by atoms with Crippen LogP contribution in [0.3, 0.4) is 0 Å². The van der Waals surface area contributed by atoms with Crippen molar-refractivity contribution in [3.8, 4) is 11.5 Å². The highest BCUT2D eigenvalue weighted by Gasteiger charge is 2.59. The number of nitrogens with zero attached hydrogens (tertiary/aromatic N) is 3. The molecule has 2 unspecified atom stereocenters. The SMILES string of the molecule is CCOc1ccc(N2C(=O)C3C(C(=O)c4ccccc4)=NN(c4ccccc4OC)C3C2=O)cc1. The van der Waals surface area contributed by atoms with Gasteiger partial charge in [0.25, 0.3) is 5.91 Å². The number of methoxy groups -OCH3 is 1. The van der Waals surface area contributed by atoms with E-state index in [2.05, 4.69) is 5.10 Å². The Morgan fingerprint density at radius 3 is 2.29 bits per heavy atom. The quantitative estimate of drug-likeness (QED) is 0.387. The van der Waals surface area contributed by atoms with Gasteiger partial charge < -0.3 is 9.47 Å². The van der Waals surface area contributed by atoms with Crippen molar-refractivity contribution in [3.63, 3.8) is 0 Å². The van der Waals surface area contributed by atoms with Gasteiger partial charge in [-0.25, -0.2) is 9.91 Å². The van der Waals surface area contributed by atoms with Crippen molar-refractivity contribution in [2.75, 3.05) is 23.6 Å². The Kier molecular flexibility index (Phi) is 5.78. The van der Waals surface area contributed by atoms with Gasteiger partial charge in [0.1, 0.15) is 34.9 Å². The number of rotatable bonds is 7. The van der Waals surface area contributed by atoms with Gasteiger partial charge in [0.2, 0.25) is 11.7 Å². The van der Waals surface area contributed by atoms with Gasteiger partial charge in [0.05, 0.1) is 19.4 Å². The summed E-state index contributed by atoms with van der Waals surface area (Å²) >= 11 is 0. The highest BCUT2D eigenvalue weighted by molar-refractivity contribution is 6.53. The van der Waals surface area contributed by atoms with Crippen LogP contribution in [0.4, 0.5) is 11.4 Å². The fourth-order valence-electron chi connectivity index (χ4n) is 4.47. The maximum atomic E-state index is 13.7. The summed E-state index contributed by atoms with van der Waals surface area (Å²) in [6.07, 6.45) is 0. The van der Waals surface area contributed by atoms with Crippen molar-refractivity contribution in [2.45, 2.75) is 13.0 Å². The lowest BCUT2D eigenvalue weighted by molar-refractivity contribution is -0.121. The molecule has 5 rings (SSSR count). The minimum Gasteiger partial charge on any atom is -0.495 e. The molecule has 8 nitrogen and oxygen atoms in total. The van der Waals surface area contributed by atoms with E-state index in [0.29, 0.717) is 35.0 Å². The highest BCUT2D eigenvalue weighted by Crippen LogP contribution is 2.41. The minimum absolute atomic E-state index is 0.0268. The highest BCUT2D eigenvalue weighted by atomic mass is 16.5. The summed E-state index contributed by atoms with van der Waals surface area (Å²) in [6, 6.07) is 21.4. The molecule has 2 aliphatic rings. The molecule has 0 saturated carbocycles. The molecule has 0 bridgehead atoms. The third kappa shape index (κ3) is 3.73. The molecule has 0 N–H and O–H groups in total. The van der Waals surface area contributed by atoms with Crippen molar-refractivity contribution in [1.82, 2.24) is 0 Å². The number of benzene rings is 3. The Morgan fingerprint density at radius 1 is 0.914 bits per heavy atom. The molecule has 0 radical (unpaired) electrons. The molecule has 0 aromatic heterocycles. The first-order valence-corrected chi connectivity index (χ1v) is 11.3. The Morgan fingerprint density at radius 2 is 1.60 bits per heavy atom. The van der Waals surface area contributed by atoms with E-state index in [0.717, 1.165) is 4.90 Å². The number of Topliss-reactive ketones (excluding diaryl/α,β-unsaturated/α-hetero) is 1. The number of amides is 2. The van der Waals surface area contributed by atoms with E-state index in [-0.39, 0.29) is 5.71 Å². The predicted octanol–water partition coefficient (Wildman–Crippen LogP) is 3.71. The summed E-state index contributed by atoms with van der Waals surface area (Å²) in [4.78, 5) is 41.9. The zero-order chi connectivity index (χ0) is 24.5. The average Bonchev–Trinajstić information content (AvgIpc) is 3.41. The van der Waals surface area contributed by atoms with Crippen LogP contribution in [0.5, 0.6) is 11.5 Å². The van der Waals surface area contributed by atoms with Gasteiger partial charge in [-0.15, -0.1) is 0 Å². The van der Waals surface area contributed by atoms with Gasteiger partial charge in [-0.2, -0.15) is 5.10 Å². The second-order valence-electron chi connectivity index (χ2n) is 8.06. The number of imide groups is 1. The zero-order valence-corrected chi connectivity index (χ0v) is 19.3. The van der Waals surface area contributed by atoms with E-state index in [9.17, 15) is 14.4 Å². The molecule has 3 aromatic carbocycles.